The Morgan fingerprint density at radius 3 is 2.53 bits per heavy atom. The van der Waals surface area contributed by atoms with E-state index in [1.807, 2.05) is 47.5 Å². The zero-order valence-electron chi connectivity index (χ0n) is 20.4. The molecule has 6 heteroatoms. The van der Waals surface area contributed by atoms with Crippen LogP contribution in [0.3, 0.4) is 0 Å². The normalized spacial score (nSPS) is 13.1. The Bertz CT molecular complexity index is 1370. The lowest BCUT2D eigenvalue weighted by Crippen LogP contribution is -2.44. The first-order valence-corrected chi connectivity index (χ1v) is 13.2. The number of hydrogen-bond acceptors (Lipinski definition) is 2. The monoisotopic (exact) mass is 543 g/mol. The Morgan fingerprint density at radius 1 is 1.00 bits per heavy atom. The van der Waals surface area contributed by atoms with Gasteiger partial charge in [-0.05, 0) is 61.6 Å². The topological polar surface area (TPSA) is 56.4 Å². The molecule has 2 amide bonds. The lowest BCUT2D eigenvalue weighted by molar-refractivity contribution is -0.132. The third-order valence-electron chi connectivity index (χ3n) is 6.80. The maximum Gasteiger partial charge on any atom is 0.254 e. The van der Waals surface area contributed by atoms with Gasteiger partial charge in [-0.2, -0.15) is 0 Å². The first-order chi connectivity index (χ1) is 17.5. The fourth-order valence-corrected chi connectivity index (χ4v) is 4.98. The summed E-state index contributed by atoms with van der Waals surface area (Å²) in [6, 6.07) is 24.1. The van der Waals surface area contributed by atoms with Crippen LogP contribution in [0, 0.1) is 6.92 Å². The Balaban J connectivity index is 1.35. The predicted octanol–water partition coefficient (Wildman–Crippen LogP) is 6.11. The number of hydrogen-bond donors (Lipinski definition) is 1. The van der Waals surface area contributed by atoms with Crippen molar-refractivity contribution in [1.29, 1.82) is 0 Å². The molecule has 0 unspecified atom stereocenters. The van der Waals surface area contributed by atoms with Gasteiger partial charge in [-0.15, -0.1) is 0 Å². The molecule has 1 aliphatic carbocycles. The van der Waals surface area contributed by atoms with Crippen LogP contribution in [-0.4, -0.2) is 45.7 Å². The van der Waals surface area contributed by atoms with E-state index in [1.165, 1.54) is 16.5 Å². The van der Waals surface area contributed by atoms with Crippen molar-refractivity contribution in [1.82, 2.24) is 14.8 Å². The minimum atomic E-state index is -0.0842. The van der Waals surface area contributed by atoms with E-state index in [0.717, 1.165) is 34.8 Å². The summed E-state index contributed by atoms with van der Waals surface area (Å²) in [5.74, 6) is -0.107. The number of carbonyl (C=O) groups excluding carboxylic acids is 2. The van der Waals surface area contributed by atoms with E-state index in [9.17, 15) is 9.59 Å². The van der Waals surface area contributed by atoms with E-state index in [-0.39, 0.29) is 24.4 Å². The average molecular weight is 544 g/mol. The maximum absolute atomic E-state index is 13.7. The highest BCUT2D eigenvalue weighted by molar-refractivity contribution is 9.10. The van der Waals surface area contributed by atoms with Crippen molar-refractivity contribution in [3.8, 4) is 0 Å². The molecule has 1 N–H and O–H groups in total. The largest absolute Gasteiger partial charge is 0.361 e. The van der Waals surface area contributed by atoms with Crippen molar-refractivity contribution in [3.63, 3.8) is 0 Å². The number of halogens is 1. The third kappa shape index (κ3) is 5.71. The van der Waals surface area contributed by atoms with E-state index >= 15 is 0 Å². The number of aromatic nitrogens is 1. The zero-order chi connectivity index (χ0) is 25.1. The van der Waals surface area contributed by atoms with Gasteiger partial charge in [0.2, 0.25) is 5.91 Å². The predicted molar refractivity (Wildman–Crippen MR) is 147 cm³/mol. The van der Waals surface area contributed by atoms with E-state index in [4.69, 9.17) is 0 Å². The summed E-state index contributed by atoms with van der Waals surface area (Å²) < 4.78 is 0.857. The third-order valence-corrected chi connectivity index (χ3v) is 7.29. The van der Waals surface area contributed by atoms with Crippen LogP contribution >= 0.6 is 15.9 Å². The molecule has 1 saturated carbocycles. The number of para-hydroxylation sites is 1. The van der Waals surface area contributed by atoms with E-state index in [2.05, 4.69) is 64.2 Å². The first-order valence-electron chi connectivity index (χ1n) is 12.4. The lowest BCUT2D eigenvalue weighted by atomic mass is 10.1. The van der Waals surface area contributed by atoms with Crippen LogP contribution in [0.2, 0.25) is 0 Å². The Kier molecular flexibility index (Phi) is 7.23. The molecule has 5 rings (SSSR count). The van der Waals surface area contributed by atoms with Crippen LogP contribution in [-0.2, 0) is 17.8 Å². The Hall–Kier alpha value is -3.38. The van der Waals surface area contributed by atoms with E-state index in [0.29, 0.717) is 18.7 Å². The van der Waals surface area contributed by atoms with Gasteiger partial charge in [0.25, 0.3) is 5.91 Å². The molecule has 1 aliphatic rings. The highest BCUT2D eigenvalue weighted by atomic mass is 79.9. The summed E-state index contributed by atoms with van der Waals surface area (Å²) in [7, 11) is 0. The van der Waals surface area contributed by atoms with Crippen molar-refractivity contribution in [3.05, 3.63) is 106 Å². The molecule has 0 spiro atoms. The lowest BCUT2D eigenvalue weighted by Gasteiger charge is -2.28. The van der Waals surface area contributed by atoms with Gasteiger partial charge in [0.05, 0.1) is 0 Å². The SMILES string of the molecule is Cc1ccc(CN(CCc2c[nH]c3ccccc23)C(=O)CN(C(=O)c2cccc(Br)c2)C2CC2)cc1. The van der Waals surface area contributed by atoms with Crippen LogP contribution in [0.4, 0.5) is 0 Å². The summed E-state index contributed by atoms with van der Waals surface area (Å²) in [5, 5.41) is 1.18. The van der Waals surface area contributed by atoms with Crippen molar-refractivity contribution in [2.75, 3.05) is 13.1 Å². The highest BCUT2D eigenvalue weighted by Crippen LogP contribution is 2.29. The van der Waals surface area contributed by atoms with Gasteiger partial charge < -0.3 is 14.8 Å². The second-order valence-electron chi connectivity index (χ2n) is 9.58. The van der Waals surface area contributed by atoms with Crippen molar-refractivity contribution < 1.29 is 9.59 Å². The van der Waals surface area contributed by atoms with Gasteiger partial charge >= 0.3 is 0 Å². The smallest absolute Gasteiger partial charge is 0.254 e. The molecule has 5 nitrogen and oxygen atoms in total. The van der Waals surface area contributed by atoms with Crippen LogP contribution in [0.15, 0.2) is 83.5 Å². The molecular formula is C30H30BrN3O2. The molecule has 0 saturated heterocycles. The first kappa shape index (κ1) is 24.3. The molecule has 1 heterocycles. The summed E-state index contributed by atoms with van der Waals surface area (Å²) in [6.07, 6.45) is 4.66. The number of amides is 2. The number of nitrogens with one attached hydrogen (secondary N) is 1. The molecule has 36 heavy (non-hydrogen) atoms. The fraction of sp³-hybridized carbons (Fsp3) is 0.267. The molecule has 0 aliphatic heterocycles. The van der Waals surface area contributed by atoms with Crippen LogP contribution in [0.25, 0.3) is 10.9 Å². The molecule has 1 aromatic heterocycles. The summed E-state index contributed by atoms with van der Waals surface area (Å²) in [5.41, 5.74) is 5.17. The molecular weight excluding hydrogens is 514 g/mol. The van der Waals surface area contributed by atoms with Crippen LogP contribution in [0.1, 0.15) is 39.9 Å². The van der Waals surface area contributed by atoms with Crippen molar-refractivity contribution in [2.24, 2.45) is 0 Å². The highest BCUT2D eigenvalue weighted by Gasteiger charge is 2.35. The molecule has 184 valence electrons. The zero-order valence-corrected chi connectivity index (χ0v) is 22.0. The molecule has 0 atom stereocenters. The maximum atomic E-state index is 13.7. The molecule has 0 radical (unpaired) electrons. The van der Waals surface area contributed by atoms with Gasteiger partial charge in [-0.3, -0.25) is 9.59 Å². The van der Waals surface area contributed by atoms with Gasteiger partial charge in [0.1, 0.15) is 6.54 Å². The number of carbonyl (C=O) groups is 2. The molecule has 3 aromatic carbocycles. The number of fused-ring (bicyclic) bond motifs is 1. The van der Waals surface area contributed by atoms with Gasteiger partial charge in [-0.25, -0.2) is 0 Å². The average Bonchev–Trinajstić information content (AvgIpc) is 3.65. The Labute approximate surface area is 220 Å². The van der Waals surface area contributed by atoms with E-state index in [1.54, 1.807) is 4.90 Å². The number of nitrogens with zero attached hydrogens (tertiary/aromatic N) is 2. The second kappa shape index (κ2) is 10.7. The molecule has 1 fully saturated rings. The fourth-order valence-electron chi connectivity index (χ4n) is 4.59. The van der Waals surface area contributed by atoms with Crippen LogP contribution < -0.4 is 0 Å². The molecule has 4 aromatic rings. The minimum Gasteiger partial charge on any atom is -0.361 e. The number of aromatic amines is 1. The number of benzene rings is 3. The second-order valence-corrected chi connectivity index (χ2v) is 10.5. The van der Waals surface area contributed by atoms with Crippen molar-refractivity contribution in [2.45, 2.75) is 38.8 Å². The number of aryl methyl sites for hydroxylation is 1. The minimum absolute atomic E-state index is 0.0225. The van der Waals surface area contributed by atoms with Crippen molar-refractivity contribution >= 4 is 38.6 Å². The number of rotatable bonds is 9. The standard InChI is InChI=1S/C30H30BrN3O2/c1-21-9-11-22(12-10-21)19-33(16-15-24-18-32-28-8-3-2-7-27(24)28)29(35)20-34(26-13-14-26)30(36)23-5-4-6-25(31)17-23/h2-12,17-18,26,32H,13-16,19-20H2,1H3. The quantitative estimate of drug-likeness (QED) is 0.276. The Morgan fingerprint density at radius 2 is 1.78 bits per heavy atom. The summed E-state index contributed by atoms with van der Waals surface area (Å²) >= 11 is 3.46. The van der Waals surface area contributed by atoms with Gasteiger partial charge in [-0.1, -0.05) is 70.0 Å². The van der Waals surface area contributed by atoms with Gasteiger partial charge in [0.15, 0.2) is 0 Å². The van der Waals surface area contributed by atoms with Gasteiger partial charge in [0, 0.05) is 46.3 Å². The molecule has 0 bridgehead atoms. The summed E-state index contributed by atoms with van der Waals surface area (Å²) in [6.45, 7) is 3.25. The number of H-pyrrole nitrogens is 1. The van der Waals surface area contributed by atoms with E-state index < -0.39 is 0 Å². The van der Waals surface area contributed by atoms with Crippen LogP contribution in [0.5, 0.6) is 0 Å². The summed E-state index contributed by atoms with van der Waals surface area (Å²) in [4.78, 5) is 34.0.